The SMILES string of the molecule is CC(C)[C@H](O)[C@@H]1OC(=O)c2ccccc21. The average molecular weight is 206 g/mol. The Bertz CT molecular complexity index is 384. The van der Waals surface area contributed by atoms with Gasteiger partial charge in [0.05, 0.1) is 11.7 Å². The second-order valence-electron chi connectivity index (χ2n) is 4.15. The molecule has 0 amide bonds. The molecule has 0 saturated heterocycles. The summed E-state index contributed by atoms with van der Waals surface area (Å²) in [5, 5.41) is 9.91. The Morgan fingerprint density at radius 2 is 2.00 bits per heavy atom. The number of carbonyl (C=O) groups is 1. The van der Waals surface area contributed by atoms with Crippen LogP contribution >= 0.6 is 0 Å². The molecular formula is C12H14O3. The quantitative estimate of drug-likeness (QED) is 0.752. The lowest BCUT2D eigenvalue weighted by atomic mass is 9.95. The van der Waals surface area contributed by atoms with Gasteiger partial charge >= 0.3 is 5.97 Å². The predicted octanol–water partition coefficient (Wildman–Crippen LogP) is 1.91. The number of fused-ring (bicyclic) bond motifs is 1. The van der Waals surface area contributed by atoms with Crippen molar-refractivity contribution >= 4 is 5.97 Å². The van der Waals surface area contributed by atoms with Crippen molar-refractivity contribution in [3.63, 3.8) is 0 Å². The molecule has 0 aromatic heterocycles. The van der Waals surface area contributed by atoms with Crippen LogP contribution in [-0.2, 0) is 4.74 Å². The topological polar surface area (TPSA) is 46.5 Å². The van der Waals surface area contributed by atoms with Crippen LogP contribution in [-0.4, -0.2) is 17.2 Å². The van der Waals surface area contributed by atoms with Crippen LogP contribution < -0.4 is 0 Å². The molecule has 3 heteroatoms. The molecule has 0 unspecified atom stereocenters. The molecule has 0 fully saturated rings. The van der Waals surface area contributed by atoms with Crippen molar-refractivity contribution in [1.82, 2.24) is 0 Å². The molecule has 1 heterocycles. The normalized spacial score (nSPS) is 21.3. The summed E-state index contributed by atoms with van der Waals surface area (Å²) in [6, 6.07) is 7.20. The number of benzene rings is 1. The van der Waals surface area contributed by atoms with E-state index in [2.05, 4.69) is 0 Å². The molecule has 0 radical (unpaired) electrons. The second kappa shape index (κ2) is 3.66. The van der Waals surface area contributed by atoms with Crippen molar-refractivity contribution in [3.05, 3.63) is 35.4 Å². The van der Waals surface area contributed by atoms with Gasteiger partial charge in [-0.3, -0.25) is 0 Å². The second-order valence-corrected chi connectivity index (χ2v) is 4.15. The molecule has 80 valence electrons. The highest BCUT2D eigenvalue weighted by Gasteiger charge is 2.36. The molecule has 0 saturated carbocycles. The van der Waals surface area contributed by atoms with Gasteiger partial charge in [-0.2, -0.15) is 0 Å². The van der Waals surface area contributed by atoms with Crippen molar-refractivity contribution in [1.29, 1.82) is 0 Å². The summed E-state index contributed by atoms with van der Waals surface area (Å²) >= 11 is 0. The fourth-order valence-corrected chi connectivity index (χ4v) is 1.78. The van der Waals surface area contributed by atoms with Gasteiger partial charge in [0.1, 0.15) is 0 Å². The van der Waals surface area contributed by atoms with Gasteiger partial charge in [-0.15, -0.1) is 0 Å². The van der Waals surface area contributed by atoms with Crippen LogP contribution in [0.5, 0.6) is 0 Å². The summed E-state index contributed by atoms with van der Waals surface area (Å²) in [5.41, 5.74) is 1.37. The Kier molecular flexibility index (Phi) is 2.49. The first-order valence-corrected chi connectivity index (χ1v) is 5.09. The van der Waals surface area contributed by atoms with Crippen LogP contribution in [0.25, 0.3) is 0 Å². The smallest absolute Gasteiger partial charge is 0.339 e. The standard InChI is InChI=1S/C12H14O3/c1-7(2)10(13)11-8-5-3-4-6-9(8)12(14)15-11/h3-7,10-11,13H,1-2H3/t10-,11+/m0/s1. The molecule has 0 aliphatic carbocycles. The zero-order chi connectivity index (χ0) is 11.0. The van der Waals surface area contributed by atoms with Crippen LogP contribution in [0.15, 0.2) is 24.3 Å². The van der Waals surface area contributed by atoms with Gasteiger partial charge in [-0.05, 0) is 12.0 Å². The highest BCUT2D eigenvalue weighted by atomic mass is 16.6. The summed E-state index contributed by atoms with van der Waals surface area (Å²) in [6.45, 7) is 3.80. The summed E-state index contributed by atoms with van der Waals surface area (Å²) in [7, 11) is 0. The number of cyclic esters (lactones) is 1. The molecule has 0 bridgehead atoms. The van der Waals surface area contributed by atoms with Crippen LogP contribution in [0.3, 0.4) is 0 Å². The number of esters is 1. The minimum Gasteiger partial charge on any atom is -0.451 e. The maximum atomic E-state index is 11.5. The lowest BCUT2D eigenvalue weighted by molar-refractivity contribution is -0.0263. The molecule has 1 aromatic rings. The van der Waals surface area contributed by atoms with Gasteiger partial charge in [0.2, 0.25) is 0 Å². The highest BCUT2D eigenvalue weighted by Crippen LogP contribution is 2.34. The number of hydrogen-bond donors (Lipinski definition) is 1. The van der Waals surface area contributed by atoms with E-state index in [0.29, 0.717) is 5.56 Å². The number of rotatable bonds is 2. The van der Waals surface area contributed by atoms with Crippen LogP contribution in [0.4, 0.5) is 0 Å². The Hall–Kier alpha value is -1.35. The fourth-order valence-electron chi connectivity index (χ4n) is 1.78. The minimum atomic E-state index is -0.641. The zero-order valence-corrected chi connectivity index (χ0v) is 8.81. The van der Waals surface area contributed by atoms with E-state index in [-0.39, 0.29) is 11.9 Å². The monoisotopic (exact) mass is 206 g/mol. The largest absolute Gasteiger partial charge is 0.451 e. The third-order valence-corrected chi connectivity index (χ3v) is 2.71. The predicted molar refractivity (Wildman–Crippen MR) is 55.4 cm³/mol. The molecule has 1 N–H and O–H groups in total. The summed E-state index contributed by atoms with van der Waals surface area (Å²) < 4.78 is 5.17. The van der Waals surface area contributed by atoms with E-state index >= 15 is 0 Å². The number of aliphatic hydroxyl groups is 1. The first-order valence-electron chi connectivity index (χ1n) is 5.09. The minimum absolute atomic E-state index is 0.0638. The van der Waals surface area contributed by atoms with E-state index in [1.807, 2.05) is 26.0 Å². The van der Waals surface area contributed by atoms with Crippen molar-refractivity contribution < 1.29 is 14.6 Å². The lowest BCUT2D eigenvalue weighted by Gasteiger charge is -2.21. The van der Waals surface area contributed by atoms with Crippen molar-refractivity contribution in [2.45, 2.75) is 26.1 Å². The number of aliphatic hydroxyl groups excluding tert-OH is 1. The maximum absolute atomic E-state index is 11.5. The Morgan fingerprint density at radius 1 is 1.33 bits per heavy atom. The molecule has 1 aliphatic heterocycles. The highest BCUT2D eigenvalue weighted by molar-refractivity contribution is 5.94. The van der Waals surface area contributed by atoms with E-state index in [1.54, 1.807) is 12.1 Å². The third kappa shape index (κ3) is 1.63. The lowest BCUT2D eigenvalue weighted by Crippen LogP contribution is -2.24. The Balaban J connectivity index is 2.36. The van der Waals surface area contributed by atoms with Gasteiger partial charge < -0.3 is 9.84 Å². The van der Waals surface area contributed by atoms with Gasteiger partial charge in [0.15, 0.2) is 6.10 Å². The van der Waals surface area contributed by atoms with E-state index < -0.39 is 12.2 Å². The molecule has 3 nitrogen and oxygen atoms in total. The van der Waals surface area contributed by atoms with E-state index in [4.69, 9.17) is 4.74 Å². The summed E-state index contributed by atoms with van der Waals surface area (Å²) in [4.78, 5) is 11.5. The molecule has 1 aromatic carbocycles. The maximum Gasteiger partial charge on any atom is 0.339 e. The van der Waals surface area contributed by atoms with E-state index in [9.17, 15) is 9.90 Å². The first kappa shape index (κ1) is 10.2. The average Bonchev–Trinajstić information content (AvgIpc) is 2.56. The van der Waals surface area contributed by atoms with Crippen LogP contribution in [0, 0.1) is 5.92 Å². The van der Waals surface area contributed by atoms with Crippen molar-refractivity contribution in [2.75, 3.05) is 0 Å². The number of ether oxygens (including phenoxy) is 1. The van der Waals surface area contributed by atoms with Gasteiger partial charge in [0.25, 0.3) is 0 Å². The van der Waals surface area contributed by atoms with E-state index in [1.165, 1.54) is 0 Å². The molecule has 15 heavy (non-hydrogen) atoms. The van der Waals surface area contributed by atoms with Crippen LogP contribution in [0.1, 0.15) is 35.9 Å². The third-order valence-electron chi connectivity index (χ3n) is 2.71. The summed E-state index contributed by atoms with van der Waals surface area (Å²) in [6.07, 6.45) is -1.15. The van der Waals surface area contributed by atoms with Crippen molar-refractivity contribution in [3.8, 4) is 0 Å². The molecule has 2 atom stereocenters. The first-order chi connectivity index (χ1) is 7.11. The Labute approximate surface area is 88.7 Å². The number of carbonyl (C=O) groups excluding carboxylic acids is 1. The zero-order valence-electron chi connectivity index (χ0n) is 8.81. The van der Waals surface area contributed by atoms with Gasteiger partial charge in [-0.25, -0.2) is 4.79 Å². The molecule has 0 spiro atoms. The van der Waals surface area contributed by atoms with Crippen LogP contribution in [0.2, 0.25) is 0 Å². The molecule has 1 aliphatic rings. The van der Waals surface area contributed by atoms with Gasteiger partial charge in [0, 0.05) is 5.56 Å². The Morgan fingerprint density at radius 3 is 2.67 bits per heavy atom. The van der Waals surface area contributed by atoms with E-state index in [0.717, 1.165) is 5.56 Å². The van der Waals surface area contributed by atoms with Gasteiger partial charge in [-0.1, -0.05) is 32.0 Å². The van der Waals surface area contributed by atoms with Crippen molar-refractivity contribution in [2.24, 2.45) is 5.92 Å². The fraction of sp³-hybridized carbons (Fsp3) is 0.417. The molecule has 2 rings (SSSR count). The number of hydrogen-bond acceptors (Lipinski definition) is 3. The summed E-state index contributed by atoms with van der Waals surface area (Å²) in [5.74, 6) is -0.274. The molecular weight excluding hydrogens is 192 g/mol.